The Morgan fingerprint density at radius 3 is 2.86 bits per heavy atom. The van der Waals surface area contributed by atoms with Crippen molar-refractivity contribution in [1.82, 2.24) is 9.71 Å². The Morgan fingerprint density at radius 1 is 1.57 bits per heavy atom. The minimum Gasteiger partial charge on any atom is -0.321 e. The number of nitrogens with zero attached hydrogens (tertiary/aromatic N) is 1. The lowest BCUT2D eigenvalue weighted by Crippen LogP contribution is -2.26. The summed E-state index contributed by atoms with van der Waals surface area (Å²) in [6.45, 7) is 2.00. The third kappa shape index (κ3) is 2.19. The summed E-state index contributed by atoms with van der Waals surface area (Å²) in [5.41, 5.74) is 2.55. The van der Waals surface area contributed by atoms with Crippen molar-refractivity contribution in [3.63, 3.8) is 0 Å². The summed E-state index contributed by atoms with van der Waals surface area (Å²) in [6, 6.07) is 3.14. The first-order valence-corrected chi connectivity index (χ1v) is 5.51. The molecule has 0 aliphatic heterocycles. The highest BCUT2D eigenvalue weighted by Gasteiger charge is 2.17. The topological polar surface area (TPSA) is 97.1 Å². The number of hydrogen-bond acceptors (Lipinski definition) is 5. The van der Waals surface area contributed by atoms with E-state index < -0.39 is 10.0 Å². The molecule has 0 aliphatic carbocycles. The van der Waals surface area contributed by atoms with Crippen LogP contribution in [0.15, 0.2) is 23.4 Å². The third-order valence-electron chi connectivity index (χ3n) is 1.52. The van der Waals surface area contributed by atoms with Gasteiger partial charge in [-0.05, 0) is 12.1 Å². The maximum Gasteiger partial charge on any atom is 0.260 e. The summed E-state index contributed by atoms with van der Waals surface area (Å²) in [5, 5.41) is -0.0932. The number of pyridine rings is 1. The van der Waals surface area contributed by atoms with Gasteiger partial charge in [0.25, 0.3) is 10.0 Å². The van der Waals surface area contributed by atoms with E-state index in [4.69, 9.17) is 5.84 Å². The van der Waals surface area contributed by atoms with E-state index in [1.807, 2.05) is 0 Å². The fourth-order valence-electron chi connectivity index (χ4n) is 0.973. The van der Waals surface area contributed by atoms with Gasteiger partial charge in [0.2, 0.25) is 0 Å². The first-order chi connectivity index (χ1) is 6.61. The normalized spacial score (nSPS) is 11.3. The van der Waals surface area contributed by atoms with Crippen LogP contribution in [-0.4, -0.2) is 19.9 Å². The molecule has 0 bridgehead atoms. The van der Waals surface area contributed by atoms with Crippen LogP contribution in [0.1, 0.15) is 6.92 Å². The minimum absolute atomic E-state index is 0.0932. The summed E-state index contributed by atoms with van der Waals surface area (Å²) in [5.74, 6) is 5.16. The smallest absolute Gasteiger partial charge is 0.260 e. The number of sulfonamides is 1. The number of hydrazine groups is 1. The van der Waals surface area contributed by atoms with Crippen LogP contribution in [0.5, 0.6) is 0 Å². The lowest BCUT2D eigenvalue weighted by Gasteiger charge is -2.07. The summed E-state index contributed by atoms with van der Waals surface area (Å²) in [4.78, 5) is 3.75. The highest BCUT2D eigenvalue weighted by molar-refractivity contribution is 7.89. The van der Waals surface area contributed by atoms with Gasteiger partial charge in [0, 0.05) is 12.7 Å². The first-order valence-electron chi connectivity index (χ1n) is 4.03. The Labute approximate surface area is 82.6 Å². The number of anilines is 1. The molecule has 7 heteroatoms. The molecule has 14 heavy (non-hydrogen) atoms. The Balaban J connectivity index is 3.18. The second-order valence-electron chi connectivity index (χ2n) is 2.50. The van der Waals surface area contributed by atoms with E-state index in [1.54, 1.807) is 13.0 Å². The summed E-state index contributed by atoms with van der Waals surface area (Å²) < 4.78 is 25.4. The van der Waals surface area contributed by atoms with Gasteiger partial charge in [-0.25, -0.2) is 18.1 Å². The zero-order chi connectivity index (χ0) is 10.6. The van der Waals surface area contributed by atoms with E-state index in [2.05, 4.69) is 15.1 Å². The molecule has 0 saturated carbocycles. The fourth-order valence-corrected chi connectivity index (χ4v) is 2.11. The number of rotatable bonds is 4. The van der Waals surface area contributed by atoms with Crippen molar-refractivity contribution >= 4 is 15.7 Å². The van der Waals surface area contributed by atoms with E-state index in [1.165, 1.54) is 12.3 Å². The van der Waals surface area contributed by atoms with E-state index in [9.17, 15) is 8.42 Å². The molecule has 78 valence electrons. The SMILES string of the molecule is CCNS(=O)(=O)c1ncccc1NN. The lowest BCUT2D eigenvalue weighted by molar-refractivity contribution is 0.580. The van der Waals surface area contributed by atoms with Crippen molar-refractivity contribution < 1.29 is 8.42 Å². The van der Waals surface area contributed by atoms with Gasteiger partial charge < -0.3 is 5.43 Å². The van der Waals surface area contributed by atoms with Gasteiger partial charge in [0.05, 0.1) is 5.69 Å². The maximum atomic E-state index is 11.5. The van der Waals surface area contributed by atoms with Crippen LogP contribution in [0.3, 0.4) is 0 Å². The molecule has 6 nitrogen and oxygen atoms in total. The minimum atomic E-state index is -3.56. The van der Waals surface area contributed by atoms with E-state index in [-0.39, 0.29) is 10.7 Å². The Morgan fingerprint density at radius 2 is 2.29 bits per heavy atom. The molecule has 1 heterocycles. The molecule has 1 aromatic heterocycles. The predicted molar refractivity (Wildman–Crippen MR) is 52.9 cm³/mol. The molecule has 4 N–H and O–H groups in total. The van der Waals surface area contributed by atoms with Gasteiger partial charge >= 0.3 is 0 Å². The van der Waals surface area contributed by atoms with Crippen LogP contribution in [0, 0.1) is 0 Å². The molecular weight excluding hydrogens is 204 g/mol. The van der Waals surface area contributed by atoms with Crippen LogP contribution in [0.25, 0.3) is 0 Å². The molecule has 0 atom stereocenters. The van der Waals surface area contributed by atoms with Crippen LogP contribution in [0.4, 0.5) is 5.69 Å². The third-order valence-corrected chi connectivity index (χ3v) is 3.02. The van der Waals surface area contributed by atoms with E-state index in [0.717, 1.165) is 0 Å². The van der Waals surface area contributed by atoms with Crippen LogP contribution in [-0.2, 0) is 10.0 Å². The van der Waals surface area contributed by atoms with Crippen LogP contribution >= 0.6 is 0 Å². The molecule has 1 aromatic rings. The van der Waals surface area contributed by atoms with Gasteiger partial charge in [0.15, 0.2) is 5.03 Å². The molecule has 0 unspecified atom stereocenters. The van der Waals surface area contributed by atoms with Crippen molar-refractivity contribution in [2.24, 2.45) is 5.84 Å². The zero-order valence-corrected chi connectivity index (χ0v) is 8.50. The van der Waals surface area contributed by atoms with Gasteiger partial charge in [-0.1, -0.05) is 6.92 Å². The van der Waals surface area contributed by atoms with Gasteiger partial charge in [-0.3, -0.25) is 5.84 Å². The molecule has 1 rings (SSSR count). The number of nitrogens with two attached hydrogens (primary N) is 1. The number of nitrogens with one attached hydrogen (secondary N) is 2. The Bertz CT molecular complexity index is 404. The molecule has 0 spiro atoms. The molecular formula is C7H12N4O2S. The van der Waals surface area contributed by atoms with Crippen molar-refractivity contribution in [2.45, 2.75) is 11.9 Å². The zero-order valence-electron chi connectivity index (χ0n) is 7.69. The number of nitrogen functional groups attached to an aromatic ring is 1. The van der Waals surface area contributed by atoms with Gasteiger partial charge in [0.1, 0.15) is 0 Å². The predicted octanol–water partition coefficient (Wildman–Crippen LogP) is -0.335. The van der Waals surface area contributed by atoms with Crippen LogP contribution in [0.2, 0.25) is 0 Å². The van der Waals surface area contributed by atoms with E-state index in [0.29, 0.717) is 6.54 Å². The standard InChI is InChI=1S/C7H12N4O2S/c1-2-10-14(12,13)7-6(11-8)4-3-5-9-7/h3-5,10-11H,2,8H2,1H3. The average molecular weight is 216 g/mol. The first kappa shape index (κ1) is 10.9. The average Bonchev–Trinajstić information content (AvgIpc) is 2.18. The quantitative estimate of drug-likeness (QED) is 0.473. The van der Waals surface area contributed by atoms with Crippen LogP contribution < -0.4 is 16.0 Å². The molecule has 0 fully saturated rings. The summed E-state index contributed by atoms with van der Waals surface area (Å²) in [7, 11) is -3.56. The Hall–Kier alpha value is -1.18. The molecule has 0 radical (unpaired) electrons. The lowest BCUT2D eigenvalue weighted by atomic mass is 10.4. The highest BCUT2D eigenvalue weighted by Crippen LogP contribution is 2.15. The number of aromatic nitrogens is 1. The van der Waals surface area contributed by atoms with Crippen molar-refractivity contribution in [2.75, 3.05) is 12.0 Å². The van der Waals surface area contributed by atoms with Crippen molar-refractivity contribution in [3.05, 3.63) is 18.3 Å². The van der Waals surface area contributed by atoms with Crippen molar-refractivity contribution in [1.29, 1.82) is 0 Å². The largest absolute Gasteiger partial charge is 0.321 e. The summed E-state index contributed by atoms with van der Waals surface area (Å²) in [6.07, 6.45) is 1.39. The highest BCUT2D eigenvalue weighted by atomic mass is 32.2. The second-order valence-corrected chi connectivity index (χ2v) is 4.18. The Kier molecular flexibility index (Phi) is 3.39. The maximum absolute atomic E-state index is 11.5. The van der Waals surface area contributed by atoms with Gasteiger partial charge in [-0.2, -0.15) is 0 Å². The monoisotopic (exact) mass is 216 g/mol. The molecule has 0 aromatic carbocycles. The van der Waals surface area contributed by atoms with Crippen molar-refractivity contribution in [3.8, 4) is 0 Å². The molecule has 0 saturated heterocycles. The number of hydrogen-bond donors (Lipinski definition) is 3. The second kappa shape index (κ2) is 4.36. The van der Waals surface area contributed by atoms with Gasteiger partial charge in [-0.15, -0.1) is 0 Å². The molecule has 0 amide bonds. The van der Waals surface area contributed by atoms with E-state index >= 15 is 0 Å². The fraction of sp³-hybridized carbons (Fsp3) is 0.286. The summed E-state index contributed by atoms with van der Waals surface area (Å²) >= 11 is 0. The molecule has 0 aliphatic rings.